The highest BCUT2D eigenvalue weighted by atomic mass is 16.1. The van der Waals surface area contributed by atoms with Crippen molar-refractivity contribution in [1.29, 1.82) is 0 Å². The number of para-hydroxylation sites is 1. The molecule has 3 aromatic rings. The fraction of sp³-hybridized carbons (Fsp3) is 0.400. The number of carbonyl (C=O) groups is 1. The zero-order valence-electron chi connectivity index (χ0n) is 16.3. The predicted octanol–water partition coefficient (Wildman–Crippen LogP) is 1.76. The largest absolute Gasteiger partial charge is 0.353 e. The Labute approximate surface area is 164 Å². The molecule has 4 rings (SSSR count). The van der Waals surface area contributed by atoms with Crippen LogP contribution >= 0.6 is 0 Å². The Bertz CT molecular complexity index is 976. The summed E-state index contributed by atoms with van der Waals surface area (Å²) in [7, 11) is 2.13. The van der Waals surface area contributed by atoms with Crippen LogP contribution in [-0.4, -0.2) is 63.8 Å². The monoisotopic (exact) mass is 379 g/mol. The third kappa shape index (κ3) is 3.96. The molecule has 28 heavy (non-hydrogen) atoms. The topological polar surface area (TPSA) is 78.7 Å². The molecule has 0 unspecified atom stereocenters. The van der Waals surface area contributed by atoms with E-state index in [2.05, 4.69) is 32.4 Å². The number of carbonyl (C=O) groups excluding carboxylic acids is 1. The number of nitrogens with one attached hydrogen (secondary N) is 1. The van der Waals surface area contributed by atoms with Gasteiger partial charge in [-0.15, -0.1) is 15.3 Å². The summed E-state index contributed by atoms with van der Waals surface area (Å²) in [5, 5.41) is 16.1. The van der Waals surface area contributed by atoms with Gasteiger partial charge in [-0.1, -0.05) is 18.2 Å². The number of fused-ring (bicyclic) bond motifs is 1. The van der Waals surface area contributed by atoms with E-state index < -0.39 is 0 Å². The summed E-state index contributed by atoms with van der Waals surface area (Å²) < 4.78 is 1.76. The van der Waals surface area contributed by atoms with Crippen LogP contribution in [0.1, 0.15) is 17.8 Å². The highest BCUT2D eigenvalue weighted by molar-refractivity contribution is 5.91. The zero-order chi connectivity index (χ0) is 19.5. The second-order valence-corrected chi connectivity index (χ2v) is 7.23. The van der Waals surface area contributed by atoms with Gasteiger partial charge in [-0.2, -0.15) is 4.52 Å². The molecule has 1 aliphatic rings. The molecule has 0 bridgehead atoms. The number of hydrogen-bond donors (Lipinski definition) is 1. The summed E-state index contributed by atoms with van der Waals surface area (Å²) in [6, 6.07) is 11.7. The number of benzene rings is 1. The van der Waals surface area contributed by atoms with E-state index in [4.69, 9.17) is 5.10 Å². The molecule has 2 aromatic heterocycles. The number of likely N-dealkylation sites (N-methyl/N-ethyl adjacent to an activating group) is 1. The standard InChI is InChI=1S/C20H25N7O/c1-15-5-3-4-6-16(15)21-20(28)10-9-18-23-22-17-7-8-19(24-27(17)18)26-13-11-25(2)12-14-26/h3-8H,9-14H2,1-2H3,(H,21,28). The van der Waals surface area contributed by atoms with Crippen LogP contribution in [-0.2, 0) is 11.2 Å². The summed E-state index contributed by atoms with van der Waals surface area (Å²) in [6.45, 7) is 5.92. The summed E-state index contributed by atoms with van der Waals surface area (Å²) in [5.41, 5.74) is 2.59. The smallest absolute Gasteiger partial charge is 0.224 e. The van der Waals surface area contributed by atoms with E-state index in [0.717, 1.165) is 43.2 Å². The van der Waals surface area contributed by atoms with Crippen LogP contribution in [0.5, 0.6) is 0 Å². The highest BCUT2D eigenvalue weighted by Crippen LogP contribution is 2.16. The van der Waals surface area contributed by atoms with Crippen LogP contribution in [0.2, 0.25) is 0 Å². The quantitative estimate of drug-likeness (QED) is 0.728. The number of anilines is 2. The van der Waals surface area contributed by atoms with Gasteiger partial charge in [-0.3, -0.25) is 4.79 Å². The molecule has 1 fully saturated rings. The van der Waals surface area contributed by atoms with Crippen molar-refractivity contribution in [2.24, 2.45) is 0 Å². The zero-order valence-corrected chi connectivity index (χ0v) is 16.3. The van der Waals surface area contributed by atoms with Crippen molar-refractivity contribution in [3.05, 3.63) is 47.8 Å². The Morgan fingerprint density at radius 2 is 1.86 bits per heavy atom. The molecule has 146 valence electrons. The molecule has 1 aliphatic heterocycles. The molecule has 0 aliphatic carbocycles. The van der Waals surface area contributed by atoms with Gasteiger partial charge in [0.15, 0.2) is 11.5 Å². The van der Waals surface area contributed by atoms with Gasteiger partial charge in [0.2, 0.25) is 5.91 Å². The van der Waals surface area contributed by atoms with Crippen molar-refractivity contribution in [3.63, 3.8) is 0 Å². The molecule has 1 amide bonds. The Kier molecular flexibility index (Phi) is 5.21. The number of amides is 1. The van der Waals surface area contributed by atoms with Crippen LogP contribution < -0.4 is 10.2 Å². The average Bonchev–Trinajstić information content (AvgIpc) is 3.11. The third-order valence-corrected chi connectivity index (χ3v) is 5.14. The minimum atomic E-state index is -0.0405. The van der Waals surface area contributed by atoms with Gasteiger partial charge in [-0.05, 0) is 37.7 Å². The molecule has 1 aromatic carbocycles. The highest BCUT2D eigenvalue weighted by Gasteiger charge is 2.17. The second kappa shape index (κ2) is 7.93. The maximum Gasteiger partial charge on any atom is 0.224 e. The Hall–Kier alpha value is -3.00. The van der Waals surface area contributed by atoms with Crippen LogP contribution in [0.3, 0.4) is 0 Å². The van der Waals surface area contributed by atoms with Gasteiger partial charge >= 0.3 is 0 Å². The molecule has 1 saturated heterocycles. The van der Waals surface area contributed by atoms with E-state index in [1.807, 2.05) is 43.3 Å². The van der Waals surface area contributed by atoms with Crippen LogP contribution in [0.15, 0.2) is 36.4 Å². The molecule has 0 atom stereocenters. The summed E-state index contributed by atoms with van der Waals surface area (Å²) in [4.78, 5) is 16.9. The summed E-state index contributed by atoms with van der Waals surface area (Å²) in [5.74, 6) is 1.58. The third-order valence-electron chi connectivity index (χ3n) is 5.14. The van der Waals surface area contributed by atoms with Crippen LogP contribution in [0, 0.1) is 6.92 Å². The molecule has 8 heteroatoms. The lowest BCUT2D eigenvalue weighted by Crippen LogP contribution is -2.45. The van der Waals surface area contributed by atoms with Crippen LogP contribution in [0.4, 0.5) is 11.5 Å². The van der Waals surface area contributed by atoms with E-state index >= 15 is 0 Å². The van der Waals surface area contributed by atoms with E-state index in [0.29, 0.717) is 24.3 Å². The predicted molar refractivity (Wildman–Crippen MR) is 109 cm³/mol. The minimum Gasteiger partial charge on any atom is -0.353 e. The van der Waals surface area contributed by atoms with Gasteiger partial charge in [0.1, 0.15) is 5.82 Å². The number of piperazine rings is 1. The lowest BCUT2D eigenvalue weighted by Gasteiger charge is -2.33. The van der Waals surface area contributed by atoms with Gasteiger partial charge in [0.05, 0.1) is 0 Å². The van der Waals surface area contributed by atoms with Crippen molar-refractivity contribution < 1.29 is 4.79 Å². The van der Waals surface area contributed by atoms with E-state index in [9.17, 15) is 4.79 Å². The molecule has 0 spiro atoms. The number of rotatable bonds is 5. The molecular weight excluding hydrogens is 354 g/mol. The normalized spacial score (nSPS) is 15.1. The molecule has 0 radical (unpaired) electrons. The van der Waals surface area contributed by atoms with Crippen molar-refractivity contribution >= 4 is 23.1 Å². The SMILES string of the molecule is Cc1ccccc1NC(=O)CCc1nnc2ccc(N3CCN(C)CC3)nn12. The van der Waals surface area contributed by atoms with Crippen molar-refractivity contribution in [2.45, 2.75) is 19.8 Å². The second-order valence-electron chi connectivity index (χ2n) is 7.23. The van der Waals surface area contributed by atoms with Crippen LogP contribution in [0.25, 0.3) is 5.65 Å². The van der Waals surface area contributed by atoms with Gasteiger partial charge in [0, 0.05) is 44.7 Å². The van der Waals surface area contributed by atoms with Gasteiger partial charge in [-0.25, -0.2) is 0 Å². The van der Waals surface area contributed by atoms with Crippen molar-refractivity contribution in [3.8, 4) is 0 Å². The summed E-state index contributed by atoms with van der Waals surface area (Å²) >= 11 is 0. The number of aromatic nitrogens is 4. The number of aryl methyl sites for hydroxylation is 2. The lowest BCUT2D eigenvalue weighted by molar-refractivity contribution is -0.116. The first-order valence-electron chi connectivity index (χ1n) is 9.60. The van der Waals surface area contributed by atoms with Crippen molar-refractivity contribution in [2.75, 3.05) is 43.4 Å². The molecule has 1 N–H and O–H groups in total. The van der Waals surface area contributed by atoms with E-state index in [-0.39, 0.29) is 5.91 Å². The fourth-order valence-corrected chi connectivity index (χ4v) is 3.33. The minimum absolute atomic E-state index is 0.0405. The summed E-state index contributed by atoms with van der Waals surface area (Å²) in [6.07, 6.45) is 0.813. The first-order valence-corrected chi connectivity index (χ1v) is 9.60. The molecule has 8 nitrogen and oxygen atoms in total. The first kappa shape index (κ1) is 18.4. The van der Waals surface area contributed by atoms with E-state index in [1.54, 1.807) is 4.52 Å². The number of hydrogen-bond acceptors (Lipinski definition) is 6. The van der Waals surface area contributed by atoms with Crippen molar-refractivity contribution in [1.82, 2.24) is 24.7 Å². The number of nitrogens with zero attached hydrogens (tertiary/aromatic N) is 6. The first-order chi connectivity index (χ1) is 13.6. The maximum atomic E-state index is 12.3. The Balaban J connectivity index is 1.44. The van der Waals surface area contributed by atoms with Gasteiger partial charge < -0.3 is 15.1 Å². The maximum absolute atomic E-state index is 12.3. The molecular formula is C20H25N7O. The van der Waals surface area contributed by atoms with Gasteiger partial charge in [0.25, 0.3) is 0 Å². The van der Waals surface area contributed by atoms with E-state index in [1.165, 1.54) is 0 Å². The molecule has 3 heterocycles. The fourth-order valence-electron chi connectivity index (χ4n) is 3.33. The molecule has 0 saturated carbocycles. The average molecular weight is 379 g/mol. The Morgan fingerprint density at radius 1 is 1.07 bits per heavy atom. The Morgan fingerprint density at radius 3 is 2.64 bits per heavy atom. The lowest BCUT2D eigenvalue weighted by atomic mass is 10.2.